The van der Waals surface area contributed by atoms with E-state index < -0.39 is 21.3 Å². The highest BCUT2D eigenvalue weighted by Gasteiger charge is 2.45. The van der Waals surface area contributed by atoms with E-state index in [4.69, 9.17) is 5.11 Å². The summed E-state index contributed by atoms with van der Waals surface area (Å²) in [6, 6.07) is 0. The van der Waals surface area contributed by atoms with Gasteiger partial charge in [0.25, 0.3) is 0 Å². The largest absolute Gasteiger partial charge is 0.481 e. The van der Waals surface area contributed by atoms with E-state index in [1.807, 2.05) is 0 Å². The van der Waals surface area contributed by atoms with Gasteiger partial charge in [0.2, 0.25) is 0 Å². The minimum atomic E-state index is -3.05. The molecule has 1 N–H and O–H groups in total. The Hall–Kier alpha value is -0.620. The van der Waals surface area contributed by atoms with Crippen molar-refractivity contribution in [3.8, 4) is 0 Å². The first-order chi connectivity index (χ1) is 6.27. The number of carbonyl (C=O) groups is 1. The van der Waals surface area contributed by atoms with Crippen LogP contribution in [-0.4, -0.2) is 55.5 Å². The van der Waals surface area contributed by atoms with Gasteiger partial charge in [0.1, 0.15) is 0 Å². The molecule has 0 radical (unpaired) electrons. The molecule has 1 saturated heterocycles. The maximum absolute atomic E-state index is 11.3. The maximum Gasteiger partial charge on any atom is 0.305 e. The minimum absolute atomic E-state index is 0.0424. The van der Waals surface area contributed by atoms with Crippen molar-refractivity contribution in [2.24, 2.45) is 0 Å². The Bertz CT molecular complexity index is 335. The van der Waals surface area contributed by atoms with Crippen LogP contribution in [0.1, 0.15) is 12.8 Å². The van der Waals surface area contributed by atoms with Gasteiger partial charge in [-0.3, -0.25) is 4.79 Å². The number of aliphatic carboxylic acids is 1. The number of hydrogen-bond acceptors (Lipinski definition) is 4. The zero-order valence-corrected chi connectivity index (χ0v) is 9.17. The van der Waals surface area contributed by atoms with E-state index in [9.17, 15) is 13.2 Å². The Morgan fingerprint density at radius 1 is 1.50 bits per heavy atom. The standard InChI is InChI=1S/C8H15NO4S/c1-9(2)8(5-7(10)11)3-4-14(12,13)6-8/h3-6H2,1-2H3,(H,10,11). The van der Waals surface area contributed by atoms with Crippen LogP contribution in [0.25, 0.3) is 0 Å². The molecule has 0 saturated carbocycles. The van der Waals surface area contributed by atoms with Crippen molar-refractivity contribution >= 4 is 15.8 Å². The second-order valence-corrected chi connectivity index (χ2v) is 6.22. The van der Waals surface area contributed by atoms with E-state index in [1.54, 1.807) is 19.0 Å². The lowest BCUT2D eigenvalue weighted by Crippen LogP contribution is -2.47. The van der Waals surface area contributed by atoms with E-state index in [2.05, 4.69) is 0 Å². The molecule has 0 aliphatic carbocycles. The second-order valence-electron chi connectivity index (χ2n) is 4.03. The molecule has 0 amide bonds. The van der Waals surface area contributed by atoms with Gasteiger partial charge in [0.15, 0.2) is 9.84 Å². The number of carboxylic acids is 1. The van der Waals surface area contributed by atoms with E-state index in [-0.39, 0.29) is 17.9 Å². The summed E-state index contributed by atoms with van der Waals surface area (Å²) in [7, 11) is 0.402. The third-order valence-corrected chi connectivity index (χ3v) is 4.60. The first kappa shape index (κ1) is 11.5. The number of rotatable bonds is 3. The Balaban J connectivity index is 2.91. The summed E-state index contributed by atoms with van der Waals surface area (Å²) in [5, 5.41) is 8.74. The van der Waals surface area contributed by atoms with Crippen molar-refractivity contribution in [1.82, 2.24) is 4.90 Å². The molecule has 1 unspecified atom stereocenters. The molecule has 1 heterocycles. The van der Waals surface area contributed by atoms with Gasteiger partial charge in [0, 0.05) is 5.54 Å². The molecule has 1 atom stereocenters. The van der Waals surface area contributed by atoms with Gasteiger partial charge in [-0.1, -0.05) is 0 Å². The molecule has 5 nitrogen and oxygen atoms in total. The summed E-state index contributed by atoms with van der Waals surface area (Å²) in [6.07, 6.45) is 0.299. The Morgan fingerprint density at radius 3 is 2.36 bits per heavy atom. The van der Waals surface area contributed by atoms with Crippen LogP contribution in [0.4, 0.5) is 0 Å². The van der Waals surface area contributed by atoms with Crippen LogP contribution in [-0.2, 0) is 14.6 Å². The van der Waals surface area contributed by atoms with E-state index in [1.165, 1.54) is 0 Å². The van der Waals surface area contributed by atoms with Crippen LogP contribution in [0.5, 0.6) is 0 Å². The van der Waals surface area contributed by atoms with Gasteiger partial charge in [-0.15, -0.1) is 0 Å². The van der Waals surface area contributed by atoms with Gasteiger partial charge in [-0.2, -0.15) is 0 Å². The third kappa shape index (κ3) is 2.24. The van der Waals surface area contributed by atoms with Crippen LogP contribution in [0.3, 0.4) is 0 Å². The van der Waals surface area contributed by atoms with Crippen LogP contribution in [0.15, 0.2) is 0 Å². The van der Waals surface area contributed by atoms with Gasteiger partial charge >= 0.3 is 5.97 Å². The highest BCUT2D eigenvalue weighted by Crippen LogP contribution is 2.31. The molecule has 0 spiro atoms. The fraction of sp³-hybridized carbons (Fsp3) is 0.875. The quantitative estimate of drug-likeness (QED) is 0.700. The zero-order chi connectivity index (χ0) is 11.0. The van der Waals surface area contributed by atoms with Crippen LogP contribution in [0.2, 0.25) is 0 Å². The molecule has 82 valence electrons. The fourth-order valence-electron chi connectivity index (χ4n) is 1.83. The summed E-state index contributed by atoms with van der Waals surface area (Å²) < 4.78 is 22.6. The lowest BCUT2D eigenvalue weighted by molar-refractivity contribution is -0.139. The molecule has 0 aromatic carbocycles. The number of hydrogen-bond donors (Lipinski definition) is 1. The highest BCUT2D eigenvalue weighted by atomic mass is 32.2. The van der Waals surface area contributed by atoms with Gasteiger partial charge in [-0.05, 0) is 20.5 Å². The molecule has 1 rings (SSSR count). The van der Waals surface area contributed by atoms with Crippen molar-refractivity contribution in [2.75, 3.05) is 25.6 Å². The predicted molar refractivity (Wildman–Crippen MR) is 51.9 cm³/mol. The molecule has 0 bridgehead atoms. The number of nitrogens with zero attached hydrogens (tertiary/aromatic N) is 1. The summed E-state index contributed by atoms with van der Waals surface area (Å²) in [6.45, 7) is 0. The average Bonchev–Trinajstić information content (AvgIpc) is 2.26. The predicted octanol–water partition coefficient (Wildman–Crippen LogP) is -0.420. The molecule has 1 fully saturated rings. The maximum atomic E-state index is 11.3. The Kier molecular flexibility index (Phi) is 2.87. The molecule has 1 aliphatic rings. The van der Waals surface area contributed by atoms with E-state index >= 15 is 0 Å². The summed E-state index contributed by atoms with van der Waals surface area (Å²) >= 11 is 0. The molecule has 14 heavy (non-hydrogen) atoms. The van der Waals surface area contributed by atoms with Crippen molar-refractivity contribution in [2.45, 2.75) is 18.4 Å². The molecule has 6 heteroatoms. The van der Waals surface area contributed by atoms with Crippen LogP contribution >= 0.6 is 0 Å². The zero-order valence-electron chi connectivity index (χ0n) is 8.36. The number of sulfone groups is 1. The summed E-state index contributed by atoms with van der Waals surface area (Å²) in [4.78, 5) is 12.4. The molecule has 0 aromatic rings. The lowest BCUT2D eigenvalue weighted by Gasteiger charge is -2.33. The van der Waals surface area contributed by atoms with Crippen LogP contribution < -0.4 is 0 Å². The highest BCUT2D eigenvalue weighted by molar-refractivity contribution is 7.91. The molecule has 0 aromatic heterocycles. The Labute approximate surface area is 83.6 Å². The van der Waals surface area contributed by atoms with Gasteiger partial charge < -0.3 is 10.0 Å². The van der Waals surface area contributed by atoms with E-state index in [0.29, 0.717) is 6.42 Å². The summed E-state index contributed by atoms with van der Waals surface area (Å²) in [5.41, 5.74) is -0.704. The molecular formula is C8H15NO4S. The SMILES string of the molecule is CN(C)C1(CC(=O)O)CCS(=O)(=O)C1. The van der Waals surface area contributed by atoms with Crippen molar-refractivity contribution < 1.29 is 18.3 Å². The first-order valence-corrected chi connectivity index (χ1v) is 6.19. The number of carboxylic acid groups (broad SMARTS) is 1. The minimum Gasteiger partial charge on any atom is -0.481 e. The second kappa shape index (κ2) is 3.51. The fourth-order valence-corrected chi connectivity index (χ4v) is 3.99. The lowest BCUT2D eigenvalue weighted by atomic mass is 9.93. The average molecular weight is 221 g/mol. The summed E-state index contributed by atoms with van der Waals surface area (Å²) in [5.74, 6) is -0.895. The topological polar surface area (TPSA) is 74.7 Å². The van der Waals surface area contributed by atoms with Crippen molar-refractivity contribution in [3.05, 3.63) is 0 Å². The van der Waals surface area contributed by atoms with Crippen LogP contribution in [0, 0.1) is 0 Å². The van der Waals surface area contributed by atoms with E-state index in [0.717, 1.165) is 0 Å². The Morgan fingerprint density at radius 2 is 2.07 bits per heavy atom. The monoisotopic (exact) mass is 221 g/mol. The third-order valence-electron chi connectivity index (χ3n) is 2.80. The smallest absolute Gasteiger partial charge is 0.305 e. The van der Waals surface area contributed by atoms with Crippen molar-refractivity contribution in [1.29, 1.82) is 0 Å². The van der Waals surface area contributed by atoms with Crippen molar-refractivity contribution in [3.63, 3.8) is 0 Å². The van der Waals surface area contributed by atoms with Gasteiger partial charge in [-0.25, -0.2) is 8.42 Å². The molecule has 1 aliphatic heterocycles. The molecular weight excluding hydrogens is 206 g/mol. The first-order valence-electron chi connectivity index (χ1n) is 4.37. The normalized spacial score (nSPS) is 30.8. The van der Waals surface area contributed by atoms with Gasteiger partial charge in [0.05, 0.1) is 17.9 Å².